The normalized spacial score (nSPS) is 11.0. The van der Waals surface area contributed by atoms with E-state index < -0.39 is 11.7 Å². The highest BCUT2D eigenvalue weighted by Crippen LogP contribution is 2.33. The molecule has 2 rings (SSSR count). The van der Waals surface area contributed by atoms with Gasteiger partial charge >= 0.3 is 6.18 Å². The molecule has 108 valence electrons. The summed E-state index contributed by atoms with van der Waals surface area (Å²) < 4.78 is 37.9. The molecule has 0 amide bonds. The van der Waals surface area contributed by atoms with Crippen molar-refractivity contribution in [1.82, 2.24) is 4.98 Å². The van der Waals surface area contributed by atoms with E-state index in [2.05, 4.69) is 10.3 Å². The average molecular weight is 312 g/mol. The highest BCUT2D eigenvalue weighted by Gasteiger charge is 2.30. The van der Waals surface area contributed by atoms with Crippen LogP contribution in [0.2, 0.25) is 5.02 Å². The third-order valence-electron chi connectivity index (χ3n) is 2.72. The van der Waals surface area contributed by atoms with E-state index in [0.29, 0.717) is 0 Å². The van der Waals surface area contributed by atoms with E-state index in [0.717, 1.165) is 17.7 Å². The molecule has 1 heterocycles. The van der Waals surface area contributed by atoms with E-state index in [1.165, 1.54) is 12.3 Å². The van der Waals surface area contributed by atoms with Crippen molar-refractivity contribution in [2.24, 2.45) is 0 Å². The van der Waals surface area contributed by atoms with Crippen LogP contribution in [0.3, 0.4) is 0 Å². The monoisotopic (exact) mass is 311 g/mol. The van der Waals surface area contributed by atoms with Crippen LogP contribution in [0, 0.1) is 11.3 Å². The van der Waals surface area contributed by atoms with Gasteiger partial charge in [-0.2, -0.15) is 18.4 Å². The Morgan fingerprint density at radius 3 is 2.67 bits per heavy atom. The first kappa shape index (κ1) is 15.1. The number of halogens is 4. The largest absolute Gasteiger partial charge is 0.416 e. The number of nitrogens with zero attached hydrogens (tertiary/aromatic N) is 2. The van der Waals surface area contributed by atoms with Crippen LogP contribution >= 0.6 is 11.6 Å². The topological polar surface area (TPSA) is 48.7 Å². The standard InChI is InChI=1S/C14H9ClF3N3/c15-12-2-1-10(14(16,17)18)6-13(12)21-8-9-3-4-20-11(5-9)7-19/h1-6,21H,8H2. The maximum absolute atomic E-state index is 12.6. The van der Waals surface area contributed by atoms with Crippen molar-refractivity contribution < 1.29 is 13.2 Å². The SMILES string of the molecule is N#Cc1cc(CNc2cc(C(F)(F)F)ccc2Cl)ccn1. The van der Waals surface area contributed by atoms with Crippen molar-refractivity contribution in [2.45, 2.75) is 12.7 Å². The second-order valence-corrected chi connectivity index (χ2v) is 4.61. The molecule has 3 nitrogen and oxygen atoms in total. The number of nitrogens with one attached hydrogen (secondary N) is 1. The summed E-state index contributed by atoms with van der Waals surface area (Å²) in [6, 6.07) is 8.18. The fourth-order valence-corrected chi connectivity index (χ4v) is 1.86. The molecule has 0 aliphatic carbocycles. The predicted octanol–water partition coefficient (Wildman–Crippen LogP) is 4.24. The minimum Gasteiger partial charge on any atom is -0.380 e. The molecule has 0 saturated heterocycles. The van der Waals surface area contributed by atoms with E-state index in [4.69, 9.17) is 16.9 Å². The van der Waals surface area contributed by atoms with Crippen molar-refractivity contribution in [3.05, 3.63) is 58.4 Å². The molecule has 21 heavy (non-hydrogen) atoms. The molecular formula is C14H9ClF3N3. The Morgan fingerprint density at radius 2 is 2.00 bits per heavy atom. The molecule has 2 aromatic rings. The summed E-state index contributed by atoms with van der Waals surface area (Å²) in [7, 11) is 0. The van der Waals surface area contributed by atoms with Gasteiger partial charge in [0.25, 0.3) is 0 Å². The zero-order valence-electron chi connectivity index (χ0n) is 10.6. The van der Waals surface area contributed by atoms with Crippen LogP contribution in [-0.4, -0.2) is 4.98 Å². The van der Waals surface area contributed by atoms with Gasteiger partial charge < -0.3 is 5.32 Å². The maximum Gasteiger partial charge on any atom is 0.416 e. The molecule has 0 spiro atoms. The molecule has 0 fully saturated rings. The Morgan fingerprint density at radius 1 is 1.24 bits per heavy atom. The summed E-state index contributed by atoms with van der Waals surface area (Å²) in [4.78, 5) is 3.81. The summed E-state index contributed by atoms with van der Waals surface area (Å²) in [5.74, 6) is 0. The summed E-state index contributed by atoms with van der Waals surface area (Å²) >= 11 is 5.88. The van der Waals surface area contributed by atoms with Crippen molar-refractivity contribution in [1.29, 1.82) is 5.26 Å². The molecule has 0 aliphatic rings. The van der Waals surface area contributed by atoms with E-state index in [9.17, 15) is 13.2 Å². The third-order valence-corrected chi connectivity index (χ3v) is 3.05. The van der Waals surface area contributed by atoms with E-state index >= 15 is 0 Å². The summed E-state index contributed by atoms with van der Waals surface area (Å²) in [5.41, 5.74) is 0.364. The number of pyridine rings is 1. The number of hydrogen-bond donors (Lipinski definition) is 1. The van der Waals surface area contributed by atoms with Crippen molar-refractivity contribution in [2.75, 3.05) is 5.32 Å². The zero-order chi connectivity index (χ0) is 15.5. The lowest BCUT2D eigenvalue weighted by Gasteiger charge is -2.12. The zero-order valence-corrected chi connectivity index (χ0v) is 11.3. The lowest BCUT2D eigenvalue weighted by Crippen LogP contribution is -2.07. The van der Waals surface area contributed by atoms with Crippen molar-refractivity contribution >= 4 is 17.3 Å². The Hall–Kier alpha value is -2.26. The van der Waals surface area contributed by atoms with Crippen LogP contribution in [0.25, 0.3) is 0 Å². The average Bonchev–Trinajstić information content (AvgIpc) is 2.45. The van der Waals surface area contributed by atoms with Crippen molar-refractivity contribution in [3.63, 3.8) is 0 Å². The number of benzene rings is 1. The number of anilines is 1. The highest BCUT2D eigenvalue weighted by molar-refractivity contribution is 6.33. The van der Waals surface area contributed by atoms with Crippen LogP contribution in [0.1, 0.15) is 16.8 Å². The number of hydrogen-bond acceptors (Lipinski definition) is 3. The lowest BCUT2D eigenvalue weighted by atomic mass is 10.2. The quantitative estimate of drug-likeness (QED) is 0.922. The smallest absolute Gasteiger partial charge is 0.380 e. The fraction of sp³-hybridized carbons (Fsp3) is 0.143. The number of nitriles is 1. The minimum atomic E-state index is -4.42. The second-order valence-electron chi connectivity index (χ2n) is 4.21. The predicted molar refractivity (Wildman–Crippen MR) is 72.7 cm³/mol. The van der Waals surface area contributed by atoms with Gasteiger partial charge in [0.2, 0.25) is 0 Å². The molecule has 0 aliphatic heterocycles. The van der Waals surface area contributed by atoms with Gasteiger partial charge in [-0.3, -0.25) is 0 Å². The van der Waals surface area contributed by atoms with E-state index in [1.807, 2.05) is 6.07 Å². The lowest BCUT2D eigenvalue weighted by molar-refractivity contribution is -0.137. The molecule has 0 unspecified atom stereocenters. The maximum atomic E-state index is 12.6. The molecule has 0 radical (unpaired) electrons. The van der Waals surface area contributed by atoms with Gasteiger partial charge in [-0.05, 0) is 35.9 Å². The molecule has 1 aromatic carbocycles. The van der Waals surface area contributed by atoms with Crippen LogP contribution in [0.5, 0.6) is 0 Å². The molecular weight excluding hydrogens is 303 g/mol. The van der Waals surface area contributed by atoms with Crippen LogP contribution in [0.4, 0.5) is 18.9 Å². The summed E-state index contributed by atoms with van der Waals surface area (Å²) in [5, 5.41) is 11.8. The van der Waals surface area contributed by atoms with Gasteiger partial charge in [0.05, 0.1) is 16.3 Å². The highest BCUT2D eigenvalue weighted by atomic mass is 35.5. The summed E-state index contributed by atoms with van der Waals surface area (Å²) in [6.45, 7) is 0.234. The molecule has 1 N–H and O–H groups in total. The number of rotatable bonds is 3. The first-order chi connectivity index (χ1) is 9.90. The third kappa shape index (κ3) is 3.86. The Kier molecular flexibility index (Phi) is 4.34. The van der Waals surface area contributed by atoms with Crippen LogP contribution in [0.15, 0.2) is 36.5 Å². The van der Waals surface area contributed by atoms with Crippen molar-refractivity contribution in [3.8, 4) is 6.07 Å². The minimum absolute atomic E-state index is 0.182. The fourth-order valence-electron chi connectivity index (χ4n) is 1.68. The molecule has 7 heteroatoms. The van der Waals surface area contributed by atoms with Gasteiger partial charge in [-0.1, -0.05) is 11.6 Å². The van der Waals surface area contributed by atoms with Gasteiger partial charge in [0.15, 0.2) is 0 Å². The van der Waals surface area contributed by atoms with Gasteiger partial charge in [-0.25, -0.2) is 4.98 Å². The van der Waals surface area contributed by atoms with Gasteiger partial charge in [0, 0.05) is 12.7 Å². The molecule has 0 bridgehead atoms. The Balaban J connectivity index is 2.18. The van der Waals surface area contributed by atoms with Gasteiger partial charge in [-0.15, -0.1) is 0 Å². The van der Waals surface area contributed by atoms with Gasteiger partial charge in [0.1, 0.15) is 11.8 Å². The second kappa shape index (κ2) is 6.02. The Bertz CT molecular complexity index is 693. The summed E-state index contributed by atoms with van der Waals surface area (Å²) in [6.07, 6.45) is -2.96. The molecule has 1 aromatic heterocycles. The Labute approximate surface area is 124 Å². The number of aromatic nitrogens is 1. The van der Waals surface area contributed by atoms with Crippen LogP contribution in [-0.2, 0) is 12.7 Å². The molecule has 0 saturated carbocycles. The first-order valence-corrected chi connectivity index (χ1v) is 6.23. The van der Waals surface area contributed by atoms with E-state index in [-0.39, 0.29) is 22.9 Å². The van der Waals surface area contributed by atoms with Crippen LogP contribution < -0.4 is 5.32 Å². The van der Waals surface area contributed by atoms with E-state index in [1.54, 1.807) is 12.1 Å². The first-order valence-electron chi connectivity index (χ1n) is 5.86. The molecule has 0 atom stereocenters. The number of alkyl halides is 3.